The standard InChI is InChI=1S/C19H19N.2C8H14.2C4H10/c1-19(2,3)20-14-17-10-5-4-8-15(17)12-13-16-9-6-7-11-18(16)20;1-6-7(2)8(3,4)5;1-5-6-7-8(2,3)4;2*1-4(2)3/h4-11H,14H2,1-3H3;6H,1-2H2,3-5H3;5-7H,1H2,2-4H3;2*4H,1-3H3/b;;7-6-;;. The van der Waals surface area contributed by atoms with Crippen LogP contribution in [-0.4, -0.2) is 5.54 Å². The normalized spacial score (nSPS) is 12.0. The first kappa shape index (κ1) is 42.9. The maximum Gasteiger partial charge on any atom is 0.0532 e. The van der Waals surface area contributed by atoms with E-state index in [-0.39, 0.29) is 11.0 Å². The summed E-state index contributed by atoms with van der Waals surface area (Å²) in [5.74, 6) is 8.32. The second kappa shape index (κ2) is 20.7. The van der Waals surface area contributed by atoms with Crippen LogP contribution in [0.15, 0.2) is 98.1 Å². The van der Waals surface area contributed by atoms with Crippen LogP contribution in [0.5, 0.6) is 0 Å². The fourth-order valence-electron chi connectivity index (χ4n) is 3.25. The lowest BCUT2D eigenvalue weighted by Crippen LogP contribution is -2.41. The van der Waals surface area contributed by atoms with Crippen LogP contribution in [0.4, 0.5) is 5.69 Å². The van der Waals surface area contributed by atoms with Crippen molar-refractivity contribution in [2.24, 2.45) is 22.7 Å². The van der Waals surface area contributed by atoms with E-state index >= 15 is 0 Å². The first-order chi connectivity index (χ1) is 20.1. The molecule has 2 aromatic rings. The minimum atomic E-state index is 0.0578. The number of benzene rings is 2. The van der Waals surface area contributed by atoms with E-state index in [1.54, 1.807) is 12.2 Å². The molecule has 0 bridgehead atoms. The lowest BCUT2D eigenvalue weighted by atomic mass is 9.88. The second-order valence-corrected chi connectivity index (χ2v) is 15.6. The zero-order valence-electron chi connectivity index (χ0n) is 31.4. The third-order valence-electron chi connectivity index (χ3n) is 5.62. The molecule has 0 atom stereocenters. The summed E-state index contributed by atoms with van der Waals surface area (Å²) in [5, 5.41) is 0. The SMILES string of the molecule is C=C/C=C\C(C)(C)C.C=CC(=C)C(C)(C)C.CC(C)(C)N1Cc2ccccc2C#Cc2ccccc21.CC(C)C.CC(C)C. The number of fused-ring (bicyclic) bond motifs is 2. The first-order valence-electron chi connectivity index (χ1n) is 16.1. The van der Waals surface area contributed by atoms with E-state index in [1.165, 1.54) is 11.3 Å². The maximum atomic E-state index is 3.83. The Labute approximate surface area is 275 Å². The topological polar surface area (TPSA) is 3.24 Å². The Morgan fingerprint density at radius 1 is 0.727 bits per heavy atom. The Balaban J connectivity index is 0. The molecule has 0 unspecified atom stereocenters. The number of allylic oxidation sites excluding steroid dienone is 5. The zero-order chi connectivity index (χ0) is 34.7. The van der Waals surface area contributed by atoms with Crippen molar-refractivity contribution in [3.63, 3.8) is 0 Å². The summed E-state index contributed by atoms with van der Waals surface area (Å²) < 4.78 is 0. The fraction of sp³-hybridized carbons (Fsp3) is 0.488. The van der Waals surface area contributed by atoms with Gasteiger partial charge in [-0.15, -0.1) is 0 Å². The van der Waals surface area contributed by atoms with E-state index in [9.17, 15) is 0 Å². The summed E-state index contributed by atoms with van der Waals surface area (Å²) in [6.45, 7) is 44.5. The predicted molar refractivity (Wildman–Crippen MR) is 203 cm³/mol. The van der Waals surface area contributed by atoms with Crippen LogP contribution in [0.25, 0.3) is 0 Å². The van der Waals surface area contributed by atoms with Crippen molar-refractivity contribution in [1.29, 1.82) is 0 Å². The molecule has 1 heterocycles. The fourth-order valence-corrected chi connectivity index (χ4v) is 3.25. The lowest BCUT2D eigenvalue weighted by molar-refractivity contribution is 0.500. The Morgan fingerprint density at radius 2 is 1.16 bits per heavy atom. The van der Waals surface area contributed by atoms with Crippen LogP contribution in [0.1, 0.15) is 121 Å². The summed E-state index contributed by atoms with van der Waals surface area (Å²) in [6, 6.07) is 16.9. The minimum Gasteiger partial charge on any atom is -0.361 e. The summed E-state index contributed by atoms with van der Waals surface area (Å²) in [5.41, 5.74) is 6.41. The monoisotopic (exact) mass is 598 g/mol. The van der Waals surface area contributed by atoms with Crippen molar-refractivity contribution in [3.8, 4) is 11.8 Å². The summed E-state index contributed by atoms with van der Waals surface area (Å²) in [6.07, 6.45) is 7.70. The number of hydrogen-bond acceptors (Lipinski definition) is 1. The molecule has 0 amide bonds. The Bertz CT molecular complexity index is 1190. The van der Waals surface area contributed by atoms with Gasteiger partial charge >= 0.3 is 0 Å². The van der Waals surface area contributed by atoms with Gasteiger partial charge in [-0.1, -0.05) is 175 Å². The van der Waals surface area contributed by atoms with E-state index in [2.05, 4.69) is 195 Å². The van der Waals surface area contributed by atoms with Crippen molar-refractivity contribution >= 4 is 5.69 Å². The lowest BCUT2D eigenvalue weighted by Gasteiger charge is -2.39. The van der Waals surface area contributed by atoms with E-state index in [0.717, 1.165) is 35.1 Å². The highest BCUT2D eigenvalue weighted by Gasteiger charge is 2.25. The van der Waals surface area contributed by atoms with Gasteiger partial charge < -0.3 is 4.90 Å². The molecular weight excluding hydrogens is 530 g/mol. The average Bonchev–Trinajstić information content (AvgIpc) is 2.87. The molecule has 0 spiro atoms. The molecule has 0 saturated carbocycles. The Hall–Kier alpha value is -3.24. The maximum absolute atomic E-state index is 3.83. The highest BCUT2D eigenvalue weighted by molar-refractivity contribution is 5.65. The van der Waals surface area contributed by atoms with E-state index < -0.39 is 0 Å². The predicted octanol–water partition coefficient (Wildman–Crippen LogP) is 13.1. The molecule has 2 aromatic carbocycles. The van der Waals surface area contributed by atoms with Gasteiger partial charge in [-0.3, -0.25) is 0 Å². The van der Waals surface area contributed by atoms with Gasteiger partial charge in [-0.05, 0) is 67.2 Å². The number of para-hydroxylation sites is 1. The van der Waals surface area contributed by atoms with E-state index in [4.69, 9.17) is 0 Å². The molecule has 44 heavy (non-hydrogen) atoms. The molecule has 0 aliphatic carbocycles. The highest BCUT2D eigenvalue weighted by Crippen LogP contribution is 2.31. The number of nitrogens with zero attached hydrogens (tertiary/aromatic N) is 1. The second-order valence-electron chi connectivity index (χ2n) is 15.6. The molecular formula is C43H67N. The van der Waals surface area contributed by atoms with Gasteiger partial charge in [0.15, 0.2) is 0 Å². The minimum absolute atomic E-state index is 0.0578. The molecule has 0 aromatic heterocycles. The van der Waals surface area contributed by atoms with Gasteiger partial charge in [0.05, 0.1) is 5.69 Å². The van der Waals surface area contributed by atoms with Gasteiger partial charge in [0, 0.05) is 23.2 Å². The van der Waals surface area contributed by atoms with Crippen molar-refractivity contribution < 1.29 is 0 Å². The van der Waals surface area contributed by atoms with Crippen molar-refractivity contribution in [3.05, 3.63) is 115 Å². The Kier molecular flexibility index (Phi) is 20.1. The molecule has 1 nitrogen and oxygen atoms in total. The van der Waals surface area contributed by atoms with Crippen molar-refractivity contribution in [2.45, 2.75) is 116 Å². The van der Waals surface area contributed by atoms with Crippen LogP contribution < -0.4 is 4.90 Å². The molecule has 0 saturated heterocycles. The summed E-state index contributed by atoms with van der Waals surface area (Å²) in [7, 11) is 0. The molecule has 244 valence electrons. The van der Waals surface area contributed by atoms with Crippen molar-refractivity contribution in [1.82, 2.24) is 0 Å². The largest absolute Gasteiger partial charge is 0.361 e. The third kappa shape index (κ3) is 21.4. The van der Waals surface area contributed by atoms with Crippen LogP contribution in [0, 0.1) is 34.5 Å². The number of rotatable bonds is 2. The van der Waals surface area contributed by atoms with Gasteiger partial charge in [0.2, 0.25) is 0 Å². The van der Waals surface area contributed by atoms with Crippen molar-refractivity contribution in [2.75, 3.05) is 4.90 Å². The zero-order valence-corrected chi connectivity index (χ0v) is 31.4. The molecule has 0 fully saturated rings. The molecule has 0 radical (unpaired) electrons. The van der Waals surface area contributed by atoms with Gasteiger partial charge in [0.1, 0.15) is 0 Å². The summed E-state index contributed by atoms with van der Waals surface area (Å²) in [4.78, 5) is 2.44. The highest BCUT2D eigenvalue weighted by atomic mass is 15.2. The van der Waals surface area contributed by atoms with Gasteiger partial charge in [-0.25, -0.2) is 0 Å². The molecule has 1 aliphatic rings. The molecule has 1 heteroatoms. The van der Waals surface area contributed by atoms with E-state index in [1.807, 2.05) is 6.08 Å². The van der Waals surface area contributed by atoms with Gasteiger partial charge in [-0.2, -0.15) is 0 Å². The van der Waals surface area contributed by atoms with Crippen LogP contribution in [0.2, 0.25) is 0 Å². The average molecular weight is 598 g/mol. The number of anilines is 1. The third-order valence-corrected chi connectivity index (χ3v) is 5.62. The molecule has 1 aliphatic heterocycles. The van der Waals surface area contributed by atoms with Crippen LogP contribution in [-0.2, 0) is 6.54 Å². The number of hydrogen-bond donors (Lipinski definition) is 0. The van der Waals surface area contributed by atoms with Crippen LogP contribution in [0.3, 0.4) is 0 Å². The molecule has 3 rings (SSSR count). The Morgan fingerprint density at radius 3 is 1.52 bits per heavy atom. The van der Waals surface area contributed by atoms with Gasteiger partial charge in [0.25, 0.3) is 0 Å². The summed E-state index contributed by atoms with van der Waals surface area (Å²) >= 11 is 0. The first-order valence-corrected chi connectivity index (χ1v) is 16.1. The quantitative estimate of drug-likeness (QED) is 0.246. The molecule has 0 N–H and O–H groups in total. The smallest absolute Gasteiger partial charge is 0.0532 e. The van der Waals surface area contributed by atoms with Crippen LogP contribution >= 0.6 is 0 Å². The van der Waals surface area contributed by atoms with E-state index in [0.29, 0.717) is 5.41 Å².